The molecule has 0 atom stereocenters. The molecule has 112 valence electrons. The van der Waals surface area contributed by atoms with E-state index in [4.69, 9.17) is 11.6 Å². The van der Waals surface area contributed by atoms with Crippen molar-refractivity contribution >= 4 is 21.6 Å². The molecule has 0 bridgehead atoms. The monoisotopic (exact) mass is 316 g/mol. The Kier molecular flexibility index (Phi) is 5.07. The van der Waals surface area contributed by atoms with E-state index >= 15 is 0 Å². The normalized spacial score (nSPS) is 23.8. The van der Waals surface area contributed by atoms with E-state index in [-0.39, 0.29) is 10.9 Å². The fourth-order valence-electron chi connectivity index (χ4n) is 2.66. The molecule has 0 spiro atoms. The van der Waals surface area contributed by atoms with Crippen molar-refractivity contribution in [2.75, 3.05) is 7.05 Å². The standard InChI is InChI=1S/C14H21ClN2O2S/c1-10-13(15)4-3-5-14(10)20(18,19)17-12-8-6-11(16-2)7-9-12/h3-5,11-12,16-17H,6-9H2,1-2H3. The maximum Gasteiger partial charge on any atom is 0.241 e. The van der Waals surface area contributed by atoms with Gasteiger partial charge in [-0.25, -0.2) is 13.1 Å². The predicted octanol–water partition coefficient (Wildman–Crippen LogP) is 2.46. The van der Waals surface area contributed by atoms with E-state index in [1.54, 1.807) is 25.1 Å². The Morgan fingerprint density at radius 1 is 1.15 bits per heavy atom. The zero-order valence-corrected chi connectivity index (χ0v) is 13.4. The van der Waals surface area contributed by atoms with Crippen molar-refractivity contribution in [1.29, 1.82) is 0 Å². The Hall–Kier alpha value is -0.620. The summed E-state index contributed by atoms with van der Waals surface area (Å²) in [6.45, 7) is 1.73. The zero-order valence-electron chi connectivity index (χ0n) is 11.8. The van der Waals surface area contributed by atoms with Crippen molar-refractivity contribution in [3.05, 3.63) is 28.8 Å². The second kappa shape index (κ2) is 6.43. The van der Waals surface area contributed by atoms with Crippen molar-refractivity contribution in [1.82, 2.24) is 10.0 Å². The smallest absolute Gasteiger partial charge is 0.241 e. The highest BCUT2D eigenvalue weighted by Crippen LogP contribution is 2.25. The summed E-state index contributed by atoms with van der Waals surface area (Å²) >= 11 is 6.00. The van der Waals surface area contributed by atoms with Crippen LogP contribution < -0.4 is 10.0 Å². The van der Waals surface area contributed by atoms with Crippen LogP contribution in [0.3, 0.4) is 0 Å². The van der Waals surface area contributed by atoms with Gasteiger partial charge >= 0.3 is 0 Å². The minimum atomic E-state index is -3.49. The summed E-state index contributed by atoms with van der Waals surface area (Å²) in [6, 6.07) is 5.49. The lowest BCUT2D eigenvalue weighted by atomic mass is 9.92. The highest BCUT2D eigenvalue weighted by molar-refractivity contribution is 7.89. The van der Waals surface area contributed by atoms with Crippen molar-refractivity contribution < 1.29 is 8.42 Å². The van der Waals surface area contributed by atoms with E-state index in [9.17, 15) is 8.42 Å². The molecule has 1 fully saturated rings. The van der Waals surface area contributed by atoms with Gasteiger partial charge in [-0.3, -0.25) is 0 Å². The number of halogens is 1. The van der Waals surface area contributed by atoms with Crippen LogP contribution in [0.15, 0.2) is 23.1 Å². The minimum absolute atomic E-state index is 0.0166. The maximum absolute atomic E-state index is 12.4. The first kappa shape index (κ1) is 15.8. The highest BCUT2D eigenvalue weighted by atomic mass is 35.5. The van der Waals surface area contributed by atoms with Crippen LogP contribution in [0.5, 0.6) is 0 Å². The topological polar surface area (TPSA) is 58.2 Å². The van der Waals surface area contributed by atoms with Crippen LogP contribution in [0.25, 0.3) is 0 Å². The lowest BCUT2D eigenvalue weighted by Crippen LogP contribution is -2.41. The van der Waals surface area contributed by atoms with Gasteiger partial charge in [0.2, 0.25) is 10.0 Å². The highest BCUT2D eigenvalue weighted by Gasteiger charge is 2.26. The van der Waals surface area contributed by atoms with E-state index in [1.807, 2.05) is 7.05 Å². The fourth-order valence-corrected chi connectivity index (χ4v) is 4.46. The summed E-state index contributed by atoms with van der Waals surface area (Å²) in [5.74, 6) is 0. The molecule has 2 N–H and O–H groups in total. The molecular weight excluding hydrogens is 296 g/mol. The molecule has 1 aromatic rings. The number of sulfonamides is 1. The van der Waals surface area contributed by atoms with Crippen LogP contribution in [0, 0.1) is 6.92 Å². The quantitative estimate of drug-likeness (QED) is 0.897. The van der Waals surface area contributed by atoms with Crippen LogP contribution in [0.1, 0.15) is 31.2 Å². The van der Waals surface area contributed by atoms with E-state index in [0.717, 1.165) is 25.7 Å². The maximum atomic E-state index is 12.4. The lowest BCUT2D eigenvalue weighted by molar-refractivity contribution is 0.342. The molecule has 1 aromatic carbocycles. The Balaban J connectivity index is 2.10. The summed E-state index contributed by atoms with van der Waals surface area (Å²) < 4.78 is 27.7. The van der Waals surface area contributed by atoms with Crippen molar-refractivity contribution in [2.24, 2.45) is 0 Å². The molecule has 1 saturated carbocycles. The third kappa shape index (κ3) is 3.52. The summed E-state index contributed by atoms with van der Waals surface area (Å²) in [5, 5.41) is 3.72. The predicted molar refractivity (Wildman–Crippen MR) is 81.6 cm³/mol. The molecule has 0 saturated heterocycles. The molecule has 20 heavy (non-hydrogen) atoms. The number of nitrogens with one attached hydrogen (secondary N) is 2. The van der Waals surface area contributed by atoms with Crippen LogP contribution in [0.4, 0.5) is 0 Å². The summed E-state index contributed by atoms with van der Waals surface area (Å²) in [6.07, 6.45) is 3.73. The van der Waals surface area contributed by atoms with E-state index in [0.29, 0.717) is 16.6 Å². The van der Waals surface area contributed by atoms with Gasteiger partial charge in [0.25, 0.3) is 0 Å². The first-order valence-corrected chi connectivity index (χ1v) is 8.75. The zero-order chi connectivity index (χ0) is 14.8. The molecule has 6 heteroatoms. The van der Waals surface area contributed by atoms with E-state index in [1.165, 1.54) is 0 Å². The fraction of sp³-hybridized carbons (Fsp3) is 0.571. The molecule has 1 aliphatic rings. The lowest BCUT2D eigenvalue weighted by Gasteiger charge is -2.28. The summed E-state index contributed by atoms with van der Waals surface area (Å²) in [7, 11) is -1.54. The van der Waals surface area contributed by atoms with Gasteiger partial charge in [0.1, 0.15) is 0 Å². The Morgan fingerprint density at radius 3 is 2.35 bits per heavy atom. The van der Waals surface area contributed by atoms with Gasteiger partial charge in [0.05, 0.1) is 4.90 Å². The van der Waals surface area contributed by atoms with Crippen molar-refractivity contribution in [3.8, 4) is 0 Å². The SMILES string of the molecule is CNC1CCC(NS(=O)(=O)c2cccc(Cl)c2C)CC1. The average molecular weight is 317 g/mol. The van der Waals surface area contributed by atoms with Gasteiger partial charge in [-0.2, -0.15) is 0 Å². The molecule has 1 aliphatic carbocycles. The Morgan fingerprint density at radius 2 is 1.75 bits per heavy atom. The first-order valence-electron chi connectivity index (χ1n) is 6.88. The van der Waals surface area contributed by atoms with Crippen LogP contribution in [0.2, 0.25) is 5.02 Å². The molecule has 4 nitrogen and oxygen atoms in total. The minimum Gasteiger partial charge on any atom is -0.317 e. The van der Waals surface area contributed by atoms with Gasteiger partial charge in [0.15, 0.2) is 0 Å². The summed E-state index contributed by atoms with van der Waals surface area (Å²) in [4.78, 5) is 0.278. The van der Waals surface area contributed by atoms with E-state index < -0.39 is 10.0 Å². The molecule has 0 amide bonds. The number of rotatable bonds is 4. The van der Waals surface area contributed by atoms with Gasteiger partial charge in [-0.05, 0) is 57.4 Å². The summed E-state index contributed by atoms with van der Waals surface area (Å²) in [5.41, 5.74) is 0.602. The van der Waals surface area contributed by atoms with Gasteiger partial charge in [-0.15, -0.1) is 0 Å². The van der Waals surface area contributed by atoms with Crippen LogP contribution in [-0.4, -0.2) is 27.5 Å². The second-order valence-corrected chi connectivity index (χ2v) is 7.41. The second-order valence-electron chi connectivity index (χ2n) is 5.32. The Bertz CT molecular complexity index is 567. The van der Waals surface area contributed by atoms with Gasteiger partial charge < -0.3 is 5.32 Å². The average Bonchev–Trinajstić information content (AvgIpc) is 2.42. The third-order valence-electron chi connectivity index (χ3n) is 3.96. The molecule has 0 aromatic heterocycles. The molecule has 0 aliphatic heterocycles. The Labute approximate surface area is 126 Å². The number of hydrogen-bond donors (Lipinski definition) is 2. The number of benzene rings is 1. The van der Waals surface area contributed by atoms with Crippen molar-refractivity contribution in [3.63, 3.8) is 0 Å². The first-order chi connectivity index (χ1) is 9.44. The molecule has 2 rings (SSSR count). The van der Waals surface area contributed by atoms with Crippen molar-refractivity contribution in [2.45, 2.75) is 49.6 Å². The largest absolute Gasteiger partial charge is 0.317 e. The van der Waals surface area contributed by atoms with Gasteiger partial charge in [0, 0.05) is 17.1 Å². The number of hydrogen-bond acceptors (Lipinski definition) is 3. The molecule has 0 unspecified atom stereocenters. The van der Waals surface area contributed by atoms with E-state index in [2.05, 4.69) is 10.0 Å². The third-order valence-corrected chi connectivity index (χ3v) is 6.04. The molecule has 0 heterocycles. The molecule has 0 radical (unpaired) electrons. The van der Waals surface area contributed by atoms with Crippen LogP contribution >= 0.6 is 11.6 Å². The molecular formula is C14H21ClN2O2S. The van der Waals surface area contributed by atoms with Gasteiger partial charge in [-0.1, -0.05) is 17.7 Å². The van der Waals surface area contributed by atoms with Crippen LogP contribution in [-0.2, 0) is 10.0 Å².